The van der Waals surface area contributed by atoms with Crippen molar-refractivity contribution in [1.29, 1.82) is 0 Å². The van der Waals surface area contributed by atoms with Crippen molar-refractivity contribution in [2.45, 2.75) is 26.5 Å². The highest BCUT2D eigenvalue weighted by molar-refractivity contribution is 5.79. The number of nitrogens with one attached hydrogen (secondary N) is 2. The minimum absolute atomic E-state index is 0.0731. The zero-order valence-corrected chi connectivity index (χ0v) is 14.4. The summed E-state index contributed by atoms with van der Waals surface area (Å²) in [5.74, 6) is 1.13. The molecule has 0 radical (unpaired) electrons. The maximum Gasteiger partial charge on any atom is 0.191 e. The van der Waals surface area contributed by atoms with Crippen LogP contribution in [0.4, 0.5) is 4.39 Å². The summed E-state index contributed by atoms with van der Waals surface area (Å²) < 4.78 is 20.6. The first kappa shape index (κ1) is 17.8. The first-order chi connectivity index (χ1) is 11.6. The molecule has 1 aromatic heterocycles. The molecule has 6 heteroatoms. The number of aryl methyl sites for hydroxylation is 1. The lowest BCUT2D eigenvalue weighted by Gasteiger charge is -2.17. The van der Waals surface area contributed by atoms with Crippen molar-refractivity contribution in [3.05, 3.63) is 54.1 Å². The minimum Gasteiger partial charge on any atom is -0.489 e. The summed E-state index contributed by atoms with van der Waals surface area (Å²) in [6.07, 6.45) is 3.98. The van der Waals surface area contributed by atoms with E-state index in [2.05, 4.69) is 15.6 Å². The Kier molecular flexibility index (Phi) is 6.66. The monoisotopic (exact) mass is 332 g/mol. The molecule has 0 saturated heterocycles. The molecule has 2 aromatic rings. The summed E-state index contributed by atoms with van der Waals surface area (Å²) in [6, 6.07) is 8.08. The summed E-state index contributed by atoms with van der Waals surface area (Å²) >= 11 is 0. The van der Waals surface area contributed by atoms with Crippen molar-refractivity contribution in [2.75, 3.05) is 13.1 Å². The summed E-state index contributed by atoms with van der Waals surface area (Å²) in [5.41, 5.74) is 1.16. The lowest BCUT2D eigenvalue weighted by molar-refractivity contribution is 0.223. The van der Waals surface area contributed by atoms with Crippen LogP contribution in [-0.2, 0) is 13.6 Å². The highest BCUT2D eigenvalue weighted by Crippen LogP contribution is 2.12. The Morgan fingerprint density at radius 3 is 2.62 bits per heavy atom. The van der Waals surface area contributed by atoms with Crippen LogP contribution >= 0.6 is 0 Å². The van der Waals surface area contributed by atoms with Crippen LogP contribution in [0.25, 0.3) is 0 Å². The van der Waals surface area contributed by atoms with Crippen LogP contribution in [0.3, 0.4) is 0 Å². The van der Waals surface area contributed by atoms with Crippen LogP contribution in [0.15, 0.2) is 47.7 Å². The fourth-order valence-corrected chi connectivity index (χ4v) is 2.19. The fourth-order valence-electron chi connectivity index (χ4n) is 2.19. The number of hydrogen-bond donors (Lipinski definition) is 2. The largest absolute Gasteiger partial charge is 0.489 e. The van der Waals surface area contributed by atoms with Gasteiger partial charge in [-0.1, -0.05) is 0 Å². The number of nitrogens with zero attached hydrogens (tertiary/aromatic N) is 2. The van der Waals surface area contributed by atoms with Crippen LogP contribution in [0.5, 0.6) is 5.75 Å². The molecule has 0 spiro atoms. The Balaban J connectivity index is 1.84. The molecule has 0 saturated carbocycles. The predicted molar refractivity (Wildman–Crippen MR) is 94.7 cm³/mol. The Morgan fingerprint density at radius 2 is 2.00 bits per heavy atom. The van der Waals surface area contributed by atoms with Crippen molar-refractivity contribution in [3.8, 4) is 5.75 Å². The fraction of sp³-hybridized carbons (Fsp3) is 0.389. The van der Waals surface area contributed by atoms with Crippen LogP contribution in [-0.4, -0.2) is 29.7 Å². The smallest absolute Gasteiger partial charge is 0.191 e. The van der Waals surface area contributed by atoms with E-state index in [0.29, 0.717) is 18.8 Å². The van der Waals surface area contributed by atoms with Gasteiger partial charge < -0.3 is 19.9 Å². The van der Waals surface area contributed by atoms with Crippen LogP contribution in [0.2, 0.25) is 0 Å². The Bertz CT molecular complexity index is 651. The number of benzene rings is 1. The summed E-state index contributed by atoms with van der Waals surface area (Å²) in [6.45, 7) is 5.98. The van der Waals surface area contributed by atoms with Crippen molar-refractivity contribution in [2.24, 2.45) is 12.0 Å². The standard InChI is InChI=1S/C18H25FN4O/c1-4-20-18(22-12-15-9-10-23(3)13-15)21-11-14(2)24-17-7-5-16(19)6-8-17/h5-10,13-14H,4,11-12H2,1-3H3,(H2,20,21,22). The molecule has 0 aliphatic heterocycles. The van der Waals surface area contributed by atoms with Gasteiger partial charge in [-0.05, 0) is 49.7 Å². The van der Waals surface area contributed by atoms with E-state index in [1.165, 1.54) is 12.1 Å². The first-order valence-corrected chi connectivity index (χ1v) is 8.12. The number of aromatic nitrogens is 1. The molecule has 24 heavy (non-hydrogen) atoms. The van der Waals surface area contributed by atoms with Crippen molar-refractivity contribution >= 4 is 5.96 Å². The predicted octanol–water partition coefficient (Wildman–Crippen LogP) is 2.69. The van der Waals surface area contributed by atoms with Crippen LogP contribution in [0, 0.1) is 5.82 Å². The van der Waals surface area contributed by atoms with Crippen LogP contribution < -0.4 is 15.4 Å². The molecule has 5 nitrogen and oxygen atoms in total. The third kappa shape index (κ3) is 5.95. The average Bonchev–Trinajstić information content (AvgIpc) is 2.98. The molecule has 130 valence electrons. The van der Waals surface area contributed by atoms with Gasteiger partial charge in [0.05, 0.1) is 13.1 Å². The van der Waals surface area contributed by atoms with E-state index in [9.17, 15) is 4.39 Å². The number of halogens is 1. The molecule has 1 heterocycles. The van der Waals surface area contributed by atoms with E-state index < -0.39 is 0 Å². The van der Waals surface area contributed by atoms with Gasteiger partial charge in [-0.3, -0.25) is 0 Å². The number of guanidine groups is 1. The van der Waals surface area contributed by atoms with Gasteiger partial charge >= 0.3 is 0 Å². The second kappa shape index (κ2) is 8.96. The molecule has 0 bridgehead atoms. The molecule has 0 fully saturated rings. The van der Waals surface area contributed by atoms with Crippen molar-refractivity contribution in [1.82, 2.24) is 15.2 Å². The quantitative estimate of drug-likeness (QED) is 0.605. The minimum atomic E-state index is -0.268. The van der Waals surface area contributed by atoms with Gasteiger partial charge in [0.25, 0.3) is 0 Å². The van der Waals surface area contributed by atoms with Gasteiger partial charge in [0.2, 0.25) is 0 Å². The van der Waals surface area contributed by atoms with E-state index in [1.54, 1.807) is 12.1 Å². The second-order valence-electron chi connectivity index (χ2n) is 5.64. The summed E-state index contributed by atoms with van der Waals surface area (Å²) in [4.78, 5) is 4.56. The van der Waals surface area contributed by atoms with E-state index in [0.717, 1.165) is 18.1 Å². The number of hydrogen-bond acceptors (Lipinski definition) is 2. The maximum absolute atomic E-state index is 12.9. The molecule has 0 aliphatic rings. The highest BCUT2D eigenvalue weighted by Gasteiger charge is 2.06. The molecular formula is C18H25FN4O. The van der Waals surface area contributed by atoms with Crippen LogP contribution in [0.1, 0.15) is 19.4 Å². The van der Waals surface area contributed by atoms with Gasteiger partial charge in [0, 0.05) is 26.0 Å². The lowest BCUT2D eigenvalue weighted by atomic mass is 10.3. The number of aliphatic imine (C=N–C) groups is 1. The molecule has 2 rings (SSSR count). The molecule has 1 atom stereocenters. The SMILES string of the molecule is CCNC(=NCc1ccn(C)c1)NCC(C)Oc1ccc(F)cc1. The normalized spacial score (nSPS) is 12.8. The average molecular weight is 332 g/mol. The number of ether oxygens (including phenoxy) is 1. The highest BCUT2D eigenvalue weighted by atomic mass is 19.1. The summed E-state index contributed by atoms with van der Waals surface area (Å²) in [5, 5.41) is 6.48. The van der Waals surface area contributed by atoms with Gasteiger partial charge in [-0.2, -0.15) is 0 Å². The van der Waals surface area contributed by atoms with Gasteiger partial charge in [-0.15, -0.1) is 0 Å². The molecule has 1 aromatic carbocycles. The van der Waals surface area contributed by atoms with Crippen molar-refractivity contribution in [3.63, 3.8) is 0 Å². The molecule has 2 N–H and O–H groups in total. The first-order valence-electron chi connectivity index (χ1n) is 8.12. The lowest BCUT2D eigenvalue weighted by Crippen LogP contribution is -2.41. The van der Waals surface area contributed by atoms with E-state index in [-0.39, 0.29) is 11.9 Å². The van der Waals surface area contributed by atoms with Crippen molar-refractivity contribution < 1.29 is 9.13 Å². The van der Waals surface area contributed by atoms with Gasteiger partial charge in [0.1, 0.15) is 17.7 Å². The Hall–Kier alpha value is -2.50. The Morgan fingerprint density at radius 1 is 1.25 bits per heavy atom. The zero-order chi connectivity index (χ0) is 17.4. The van der Waals surface area contributed by atoms with Gasteiger partial charge in [-0.25, -0.2) is 9.38 Å². The number of rotatable bonds is 7. The third-order valence-corrected chi connectivity index (χ3v) is 3.37. The third-order valence-electron chi connectivity index (χ3n) is 3.37. The van der Waals surface area contributed by atoms with E-state index in [4.69, 9.17) is 4.74 Å². The topological polar surface area (TPSA) is 50.6 Å². The van der Waals surface area contributed by atoms with E-state index >= 15 is 0 Å². The summed E-state index contributed by atoms with van der Waals surface area (Å²) in [7, 11) is 1.99. The van der Waals surface area contributed by atoms with Gasteiger partial charge in [0.15, 0.2) is 5.96 Å². The Labute approximate surface area is 142 Å². The molecular weight excluding hydrogens is 307 g/mol. The van der Waals surface area contributed by atoms with E-state index in [1.807, 2.05) is 43.9 Å². The zero-order valence-electron chi connectivity index (χ0n) is 14.4. The maximum atomic E-state index is 12.9. The molecule has 1 unspecified atom stereocenters. The molecule has 0 amide bonds. The second-order valence-corrected chi connectivity index (χ2v) is 5.64. The molecule has 0 aliphatic carbocycles.